The first-order valence-electron chi connectivity index (χ1n) is 4.73. The van der Waals surface area contributed by atoms with E-state index in [0.29, 0.717) is 6.42 Å². The number of rotatable bonds is 3. The summed E-state index contributed by atoms with van der Waals surface area (Å²) in [7, 11) is 0. The highest BCUT2D eigenvalue weighted by Gasteiger charge is 2.40. The van der Waals surface area contributed by atoms with Crippen molar-refractivity contribution in [2.24, 2.45) is 5.92 Å². The molecule has 0 N–H and O–H groups in total. The predicted molar refractivity (Wildman–Crippen MR) is 47.7 cm³/mol. The zero-order valence-electron chi connectivity index (χ0n) is 8.04. The second kappa shape index (κ2) is 4.26. The summed E-state index contributed by atoms with van der Waals surface area (Å²) in [6.45, 7) is 1.96. The van der Waals surface area contributed by atoms with E-state index in [0.717, 1.165) is 12.8 Å². The lowest BCUT2D eigenvalue weighted by Gasteiger charge is -2.16. The Labute approximate surface area is 81.7 Å². The number of hydrogen-bond donors (Lipinski definition) is 0. The molecule has 1 rings (SSSR count). The molecule has 0 heterocycles. The van der Waals surface area contributed by atoms with E-state index in [-0.39, 0.29) is 6.42 Å². The minimum atomic E-state index is -1.14. The fourth-order valence-electron chi connectivity index (χ4n) is 1.52. The number of hydrogen-bond acceptors (Lipinski definition) is 4. The fraction of sp³-hybridized carbons (Fsp3) is 0.600. The molecule has 0 amide bonds. The zero-order valence-corrected chi connectivity index (χ0v) is 8.04. The molecule has 0 aromatic heterocycles. The van der Waals surface area contributed by atoms with Crippen LogP contribution in [0.1, 0.15) is 32.6 Å². The van der Waals surface area contributed by atoms with E-state index in [1.54, 1.807) is 0 Å². The first-order valence-corrected chi connectivity index (χ1v) is 4.73. The van der Waals surface area contributed by atoms with Crippen molar-refractivity contribution in [1.82, 2.24) is 0 Å². The van der Waals surface area contributed by atoms with E-state index in [2.05, 4.69) is 0 Å². The van der Waals surface area contributed by atoms with Gasteiger partial charge in [0.25, 0.3) is 11.6 Å². The largest absolute Gasteiger partial charge is 0.290 e. The van der Waals surface area contributed by atoms with Crippen LogP contribution in [0.5, 0.6) is 0 Å². The van der Waals surface area contributed by atoms with Crippen LogP contribution in [-0.2, 0) is 19.2 Å². The Kier molecular flexibility index (Phi) is 3.28. The van der Waals surface area contributed by atoms with Gasteiger partial charge in [-0.05, 0) is 6.42 Å². The maximum absolute atomic E-state index is 11.3. The molecule has 1 aliphatic carbocycles. The summed E-state index contributed by atoms with van der Waals surface area (Å²) < 4.78 is 0. The van der Waals surface area contributed by atoms with Gasteiger partial charge in [0.1, 0.15) is 0 Å². The van der Waals surface area contributed by atoms with Crippen LogP contribution in [0.15, 0.2) is 0 Å². The number of carbonyl (C=O) groups is 4. The van der Waals surface area contributed by atoms with E-state index < -0.39 is 29.1 Å². The van der Waals surface area contributed by atoms with Gasteiger partial charge in [-0.1, -0.05) is 19.8 Å². The Hall–Kier alpha value is -1.32. The molecule has 0 radical (unpaired) electrons. The van der Waals surface area contributed by atoms with Crippen LogP contribution in [-0.4, -0.2) is 23.1 Å². The van der Waals surface area contributed by atoms with E-state index in [1.807, 2.05) is 6.92 Å². The number of ketones is 4. The van der Waals surface area contributed by atoms with Crippen molar-refractivity contribution in [1.29, 1.82) is 0 Å². The SMILES string of the molecule is CCCCC1CC(=O)C(=O)C(=O)C1=O. The summed E-state index contributed by atoms with van der Waals surface area (Å²) in [5.74, 6) is -4.20. The maximum atomic E-state index is 11.3. The van der Waals surface area contributed by atoms with Crippen LogP contribution >= 0.6 is 0 Å². The van der Waals surface area contributed by atoms with Gasteiger partial charge in [0.05, 0.1) is 0 Å². The minimum absolute atomic E-state index is 0.0800. The van der Waals surface area contributed by atoms with Crippen molar-refractivity contribution in [3.8, 4) is 0 Å². The molecule has 0 aromatic carbocycles. The van der Waals surface area contributed by atoms with Crippen LogP contribution in [0, 0.1) is 5.92 Å². The highest BCUT2D eigenvalue weighted by molar-refractivity contribution is 6.80. The van der Waals surface area contributed by atoms with E-state index in [4.69, 9.17) is 0 Å². The predicted octanol–water partition coefficient (Wildman–Crippen LogP) is 0.473. The lowest BCUT2D eigenvalue weighted by Crippen LogP contribution is -2.41. The molecule has 76 valence electrons. The third-order valence-electron chi connectivity index (χ3n) is 2.39. The van der Waals surface area contributed by atoms with E-state index in [9.17, 15) is 19.2 Å². The number of Topliss-reactive ketones (excluding diaryl/α,β-unsaturated/α-hetero) is 4. The number of carbonyl (C=O) groups excluding carboxylic acids is 4. The lowest BCUT2D eigenvalue weighted by atomic mass is 9.82. The molecule has 1 saturated carbocycles. The van der Waals surface area contributed by atoms with Gasteiger partial charge >= 0.3 is 0 Å². The van der Waals surface area contributed by atoms with Crippen molar-refractivity contribution >= 4 is 23.1 Å². The van der Waals surface area contributed by atoms with Crippen LogP contribution in [0.3, 0.4) is 0 Å². The molecule has 1 atom stereocenters. The van der Waals surface area contributed by atoms with Crippen molar-refractivity contribution in [2.45, 2.75) is 32.6 Å². The second-order valence-electron chi connectivity index (χ2n) is 3.49. The van der Waals surface area contributed by atoms with Gasteiger partial charge in [0.2, 0.25) is 11.6 Å². The van der Waals surface area contributed by atoms with E-state index >= 15 is 0 Å². The Balaban J connectivity index is 2.71. The molecule has 0 aliphatic heterocycles. The average molecular weight is 196 g/mol. The molecule has 1 aliphatic rings. The standard InChI is InChI=1S/C10H12O4/c1-2-3-4-6-5-7(11)9(13)10(14)8(6)12/h6H,2-5H2,1H3. The van der Waals surface area contributed by atoms with Gasteiger partial charge in [-0.15, -0.1) is 0 Å². The Morgan fingerprint density at radius 1 is 1.14 bits per heavy atom. The summed E-state index contributed by atoms with van der Waals surface area (Å²) in [6.07, 6.45) is 2.15. The second-order valence-corrected chi connectivity index (χ2v) is 3.49. The summed E-state index contributed by atoms with van der Waals surface area (Å²) >= 11 is 0. The Bertz CT molecular complexity index is 303. The molecule has 0 saturated heterocycles. The van der Waals surface area contributed by atoms with E-state index in [1.165, 1.54) is 0 Å². The summed E-state index contributed by atoms with van der Waals surface area (Å²) in [5.41, 5.74) is 0. The van der Waals surface area contributed by atoms with Gasteiger partial charge < -0.3 is 0 Å². The molecular formula is C10H12O4. The van der Waals surface area contributed by atoms with Gasteiger partial charge in [0.15, 0.2) is 0 Å². The molecule has 0 aromatic rings. The Morgan fingerprint density at radius 2 is 1.79 bits per heavy atom. The summed E-state index contributed by atoms with van der Waals surface area (Å²) in [5, 5.41) is 0. The fourth-order valence-corrected chi connectivity index (χ4v) is 1.52. The average Bonchev–Trinajstić information content (AvgIpc) is 2.18. The van der Waals surface area contributed by atoms with Crippen molar-refractivity contribution in [3.63, 3.8) is 0 Å². The summed E-state index contributed by atoms with van der Waals surface area (Å²) in [6, 6.07) is 0. The Morgan fingerprint density at radius 3 is 2.36 bits per heavy atom. The summed E-state index contributed by atoms with van der Waals surface area (Å²) in [4.78, 5) is 44.1. The van der Waals surface area contributed by atoms with Crippen LogP contribution in [0.4, 0.5) is 0 Å². The third-order valence-corrected chi connectivity index (χ3v) is 2.39. The number of unbranched alkanes of at least 4 members (excludes halogenated alkanes) is 1. The van der Waals surface area contributed by atoms with Gasteiger partial charge in [-0.3, -0.25) is 19.2 Å². The van der Waals surface area contributed by atoms with Crippen LogP contribution < -0.4 is 0 Å². The molecule has 4 nitrogen and oxygen atoms in total. The van der Waals surface area contributed by atoms with Crippen LogP contribution in [0.25, 0.3) is 0 Å². The van der Waals surface area contributed by atoms with Gasteiger partial charge in [-0.2, -0.15) is 0 Å². The zero-order chi connectivity index (χ0) is 10.7. The first-order chi connectivity index (χ1) is 6.57. The molecule has 0 spiro atoms. The maximum Gasteiger partial charge on any atom is 0.272 e. The van der Waals surface area contributed by atoms with Crippen molar-refractivity contribution in [3.05, 3.63) is 0 Å². The lowest BCUT2D eigenvalue weighted by molar-refractivity contribution is -0.153. The van der Waals surface area contributed by atoms with Crippen molar-refractivity contribution in [2.75, 3.05) is 0 Å². The van der Waals surface area contributed by atoms with Gasteiger partial charge in [-0.25, -0.2) is 0 Å². The molecule has 14 heavy (non-hydrogen) atoms. The minimum Gasteiger partial charge on any atom is -0.290 e. The normalized spacial score (nSPS) is 23.1. The highest BCUT2D eigenvalue weighted by atomic mass is 16.2. The first kappa shape index (κ1) is 10.8. The van der Waals surface area contributed by atoms with Gasteiger partial charge in [0, 0.05) is 12.3 Å². The molecule has 1 fully saturated rings. The third kappa shape index (κ3) is 1.95. The quantitative estimate of drug-likeness (QED) is 0.615. The molecule has 0 bridgehead atoms. The molecule has 4 heteroatoms. The molecular weight excluding hydrogens is 184 g/mol. The monoisotopic (exact) mass is 196 g/mol. The molecule has 1 unspecified atom stereocenters. The van der Waals surface area contributed by atoms with Crippen LogP contribution in [0.2, 0.25) is 0 Å². The van der Waals surface area contributed by atoms with Crippen molar-refractivity contribution < 1.29 is 19.2 Å². The smallest absolute Gasteiger partial charge is 0.272 e. The topological polar surface area (TPSA) is 68.3 Å². The highest BCUT2D eigenvalue weighted by Crippen LogP contribution is 2.19.